The summed E-state index contributed by atoms with van der Waals surface area (Å²) in [5, 5.41) is 1.16. The molecule has 8 heteroatoms. The third-order valence-electron chi connectivity index (χ3n) is 8.54. The number of rotatable bonds is 9. The Morgan fingerprint density at radius 1 is 0.907 bits per heavy atom. The van der Waals surface area contributed by atoms with Crippen LogP contribution in [0.25, 0.3) is 10.9 Å². The Kier molecular flexibility index (Phi) is 7.74. The average molecular weight is 597 g/mol. The second kappa shape index (κ2) is 12.0. The predicted octanol–water partition coefficient (Wildman–Crippen LogP) is 7.71. The van der Waals surface area contributed by atoms with Gasteiger partial charge in [0.15, 0.2) is 11.5 Å². The molecule has 6 nitrogen and oxygen atoms in total. The minimum Gasteiger partial charge on any atom is -0.497 e. The summed E-state index contributed by atoms with van der Waals surface area (Å²) in [7, 11) is 3.40. The standard InChI is InChI=1S/C35H33FN2O4S/c1-39-25-12-13-30-27(17-25)28-18-31-26-19-34(41-21-23-8-4-3-5-9-23)33(40-2)16-24(26)14-15-37(31)20-32(28)38(30)22-42-43-35-11-7-6-10-29(35)36/h3-13,16-17,19,31H,14-15,18,20-22H2,1-2H3. The zero-order valence-corrected chi connectivity index (χ0v) is 25.0. The maximum Gasteiger partial charge on any atom is 0.162 e. The highest BCUT2D eigenvalue weighted by Gasteiger charge is 2.36. The molecule has 1 atom stereocenters. The minimum atomic E-state index is -0.282. The van der Waals surface area contributed by atoms with Gasteiger partial charge in [-0.1, -0.05) is 42.5 Å². The van der Waals surface area contributed by atoms with E-state index in [0.29, 0.717) is 18.2 Å². The molecule has 0 fully saturated rings. The van der Waals surface area contributed by atoms with Crippen LogP contribution in [0.2, 0.25) is 0 Å². The molecule has 0 spiro atoms. The van der Waals surface area contributed by atoms with Crippen molar-refractivity contribution in [2.75, 3.05) is 20.8 Å². The first-order valence-electron chi connectivity index (χ1n) is 14.5. The van der Waals surface area contributed by atoms with E-state index in [1.165, 1.54) is 28.5 Å². The third-order valence-corrected chi connectivity index (χ3v) is 9.28. The monoisotopic (exact) mass is 596 g/mol. The second-order valence-corrected chi connectivity index (χ2v) is 11.8. The van der Waals surface area contributed by atoms with E-state index < -0.39 is 0 Å². The molecule has 0 saturated heterocycles. The van der Waals surface area contributed by atoms with E-state index in [4.69, 9.17) is 18.4 Å². The minimum absolute atomic E-state index is 0.209. The van der Waals surface area contributed by atoms with Crippen molar-refractivity contribution in [3.8, 4) is 17.2 Å². The van der Waals surface area contributed by atoms with Crippen LogP contribution in [-0.4, -0.2) is 30.2 Å². The molecule has 220 valence electrons. The molecule has 3 heterocycles. The number of hydrogen-bond donors (Lipinski definition) is 0. The van der Waals surface area contributed by atoms with Crippen molar-refractivity contribution >= 4 is 22.9 Å². The highest BCUT2D eigenvalue weighted by molar-refractivity contribution is 7.94. The van der Waals surface area contributed by atoms with Crippen molar-refractivity contribution in [2.24, 2.45) is 0 Å². The van der Waals surface area contributed by atoms with Crippen molar-refractivity contribution in [3.05, 3.63) is 119 Å². The van der Waals surface area contributed by atoms with Gasteiger partial charge in [-0.3, -0.25) is 9.08 Å². The van der Waals surface area contributed by atoms with Gasteiger partial charge in [0.1, 0.15) is 24.9 Å². The molecule has 2 aliphatic heterocycles. The number of aromatic nitrogens is 1. The third kappa shape index (κ3) is 5.35. The van der Waals surface area contributed by atoms with Gasteiger partial charge >= 0.3 is 0 Å². The average Bonchev–Trinajstić information content (AvgIpc) is 3.35. The van der Waals surface area contributed by atoms with Crippen LogP contribution in [0.1, 0.15) is 34.0 Å². The Balaban J connectivity index is 1.22. The number of nitrogens with zero attached hydrogens (tertiary/aromatic N) is 2. The number of methoxy groups -OCH3 is 2. The van der Waals surface area contributed by atoms with Gasteiger partial charge in [0.2, 0.25) is 0 Å². The Morgan fingerprint density at radius 2 is 1.74 bits per heavy atom. The molecule has 0 saturated carbocycles. The van der Waals surface area contributed by atoms with E-state index in [0.717, 1.165) is 71.7 Å². The van der Waals surface area contributed by atoms with Crippen LogP contribution in [0, 0.1) is 5.82 Å². The lowest BCUT2D eigenvalue weighted by atomic mass is 9.85. The number of benzene rings is 4. The van der Waals surface area contributed by atoms with Gasteiger partial charge in [-0.05, 0) is 77.6 Å². The molecular formula is C35H33FN2O4S. The molecule has 0 amide bonds. The molecule has 1 unspecified atom stereocenters. The highest BCUT2D eigenvalue weighted by atomic mass is 32.2. The lowest BCUT2D eigenvalue weighted by molar-refractivity contribution is 0.151. The van der Waals surface area contributed by atoms with Crippen LogP contribution in [0.15, 0.2) is 89.8 Å². The zero-order valence-electron chi connectivity index (χ0n) is 24.2. The summed E-state index contributed by atoms with van der Waals surface area (Å²) >= 11 is 1.07. The van der Waals surface area contributed by atoms with Crippen molar-refractivity contribution in [3.63, 3.8) is 0 Å². The molecular weight excluding hydrogens is 563 g/mol. The smallest absolute Gasteiger partial charge is 0.162 e. The molecule has 1 aromatic heterocycles. The number of fused-ring (bicyclic) bond motifs is 6. The molecule has 4 aromatic carbocycles. The first kappa shape index (κ1) is 27.8. The van der Waals surface area contributed by atoms with Gasteiger partial charge < -0.3 is 18.8 Å². The maximum atomic E-state index is 14.2. The van der Waals surface area contributed by atoms with Gasteiger partial charge in [-0.25, -0.2) is 4.39 Å². The fourth-order valence-corrected chi connectivity index (χ4v) is 6.94. The topological polar surface area (TPSA) is 45.1 Å². The van der Waals surface area contributed by atoms with Gasteiger partial charge in [0, 0.05) is 42.3 Å². The first-order chi connectivity index (χ1) is 21.1. The van der Waals surface area contributed by atoms with Gasteiger partial charge in [-0.15, -0.1) is 0 Å². The van der Waals surface area contributed by atoms with Crippen molar-refractivity contribution in [1.29, 1.82) is 0 Å². The summed E-state index contributed by atoms with van der Waals surface area (Å²) in [5.41, 5.74) is 7.32. The van der Waals surface area contributed by atoms with Crippen molar-refractivity contribution < 1.29 is 22.8 Å². The summed E-state index contributed by atoms with van der Waals surface area (Å²) in [6.07, 6.45) is 1.79. The molecule has 0 radical (unpaired) electrons. The van der Waals surface area contributed by atoms with E-state index in [1.807, 2.05) is 30.3 Å². The summed E-state index contributed by atoms with van der Waals surface area (Å²) in [4.78, 5) is 3.03. The molecule has 7 rings (SSSR count). The zero-order chi connectivity index (χ0) is 29.3. The summed E-state index contributed by atoms with van der Waals surface area (Å²) in [6, 6.07) is 27.6. The lowest BCUT2D eigenvalue weighted by Crippen LogP contribution is -2.40. The van der Waals surface area contributed by atoms with E-state index >= 15 is 0 Å². The van der Waals surface area contributed by atoms with E-state index in [-0.39, 0.29) is 11.9 Å². The Morgan fingerprint density at radius 3 is 2.56 bits per heavy atom. The normalized spacial score (nSPS) is 15.9. The predicted molar refractivity (Wildman–Crippen MR) is 166 cm³/mol. The molecule has 0 N–H and O–H groups in total. The van der Waals surface area contributed by atoms with Gasteiger partial charge in [-0.2, -0.15) is 0 Å². The fourth-order valence-electron chi connectivity index (χ4n) is 6.38. The van der Waals surface area contributed by atoms with E-state index in [1.54, 1.807) is 26.4 Å². The number of halogens is 1. The van der Waals surface area contributed by atoms with Crippen LogP contribution in [0.4, 0.5) is 4.39 Å². The molecule has 0 aliphatic carbocycles. The molecule has 5 aromatic rings. The van der Waals surface area contributed by atoms with E-state index in [2.05, 4.69) is 45.9 Å². The molecule has 0 bridgehead atoms. The van der Waals surface area contributed by atoms with Crippen LogP contribution in [0.3, 0.4) is 0 Å². The number of ether oxygens (including phenoxy) is 3. The van der Waals surface area contributed by atoms with Gasteiger partial charge in [0.05, 0.1) is 24.6 Å². The van der Waals surface area contributed by atoms with Crippen LogP contribution in [0.5, 0.6) is 17.2 Å². The maximum absolute atomic E-state index is 14.2. The molecule has 2 aliphatic rings. The first-order valence-corrected chi connectivity index (χ1v) is 15.2. The van der Waals surface area contributed by atoms with Crippen LogP contribution < -0.4 is 14.2 Å². The second-order valence-electron chi connectivity index (χ2n) is 10.9. The fraction of sp³-hybridized carbons (Fsp3) is 0.257. The molecule has 43 heavy (non-hydrogen) atoms. The highest BCUT2D eigenvalue weighted by Crippen LogP contribution is 2.45. The summed E-state index contributed by atoms with van der Waals surface area (Å²) < 4.78 is 40.2. The van der Waals surface area contributed by atoms with Crippen LogP contribution in [-0.2, 0) is 36.9 Å². The largest absolute Gasteiger partial charge is 0.497 e. The van der Waals surface area contributed by atoms with Crippen molar-refractivity contribution in [2.45, 2.75) is 43.7 Å². The Labute approximate surface area is 255 Å². The summed E-state index contributed by atoms with van der Waals surface area (Å²) in [6.45, 7) is 2.52. The van der Waals surface area contributed by atoms with Crippen LogP contribution >= 0.6 is 12.0 Å². The Bertz CT molecular complexity index is 1770. The van der Waals surface area contributed by atoms with Gasteiger partial charge in [0.25, 0.3) is 0 Å². The quantitative estimate of drug-likeness (QED) is 0.162. The van der Waals surface area contributed by atoms with Crippen molar-refractivity contribution in [1.82, 2.24) is 9.47 Å². The summed E-state index contributed by atoms with van der Waals surface area (Å²) in [5.74, 6) is 2.07. The van der Waals surface area contributed by atoms with E-state index in [9.17, 15) is 4.39 Å². The SMILES string of the molecule is COc1ccc2c(c1)c1c(n2COSc2ccccc2F)CN2CCc3cc(OC)c(OCc4ccccc4)cc3C2C1. The Hall–Kier alpha value is -3.98. The lowest BCUT2D eigenvalue weighted by Gasteiger charge is -2.41. The number of hydrogen-bond acceptors (Lipinski definition) is 6.